The van der Waals surface area contributed by atoms with E-state index in [-0.39, 0.29) is 6.10 Å². The van der Waals surface area contributed by atoms with Gasteiger partial charge in [0.25, 0.3) is 0 Å². The van der Waals surface area contributed by atoms with Crippen molar-refractivity contribution in [3.05, 3.63) is 11.2 Å². The molecule has 1 N–H and O–H groups in total. The van der Waals surface area contributed by atoms with E-state index >= 15 is 0 Å². The smallest absolute Gasteiger partial charge is 0.237 e. The van der Waals surface area contributed by atoms with Gasteiger partial charge in [0.15, 0.2) is 0 Å². The Morgan fingerprint density at radius 2 is 2.56 bits per heavy atom. The Morgan fingerprint density at radius 3 is 3.25 bits per heavy atom. The fourth-order valence-corrected chi connectivity index (χ4v) is 1.67. The van der Waals surface area contributed by atoms with Crippen LogP contribution in [-0.2, 0) is 4.74 Å². The first-order chi connectivity index (χ1) is 7.79. The van der Waals surface area contributed by atoms with E-state index in [1.54, 1.807) is 7.05 Å². The van der Waals surface area contributed by atoms with Crippen molar-refractivity contribution in [3.63, 3.8) is 0 Å². The van der Waals surface area contributed by atoms with Crippen molar-refractivity contribution in [2.75, 3.05) is 25.6 Å². The van der Waals surface area contributed by atoms with Crippen LogP contribution >= 0.6 is 11.6 Å². The van der Waals surface area contributed by atoms with Crippen LogP contribution in [0.5, 0.6) is 5.88 Å². The molecule has 0 spiro atoms. The molecule has 1 aromatic rings. The van der Waals surface area contributed by atoms with Gasteiger partial charge in [-0.1, -0.05) is 11.6 Å². The summed E-state index contributed by atoms with van der Waals surface area (Å²) < 4.78 is 11.0. The Bertz CT molecular complexity index is 356. The Hall–Kier alpha value is -1.07. The number of halogens is 1. The van der Waals surface area contributed by atoms with Crippen molar-refractivity contribution in [2.24, 2.45) is 0 Å². The van der Waals surface area contributed by atoms with E-state index in [2.05, 4.69) is 15.3 Å². The van der Waals surface area contributed by atoms with E-state index in [4.69, 9.17) is 21.1 Å². The van der Waals surface area contributed by atoms with E-state index < -0.39 is 0 Å². The van der Waals surface area contributed by atoms with Gasteiger partial charge in [0.1, 0.15) is 11.6 Å². The van der Waals surface area contributed by atoms with E-state index in [9.17, 15) is 0 Å². The lowest BCUT2D eigenvalue weighted by molar-refractivity contribution is 0.0664. The minimum atomic E-state index is 0.157. The molecular weight excluding hydrogens is 230 g/mol. The maximum atomic E-state index is 5.92. The third-order valence-electron chi connectivity index (χ3n) is 2.37. The van der Waals surface area contributed by atoms with Crippen molar-refractivity contribution in [1.29, 1.82) is 0 Å². The average Bonchev–Trinajstić information content (AvgIpc) is 2.81. The maximum absolute atomic E-state index is 5.92. The minimum absolute atomic E-state index is 0.157. The first-order valence-electron chi connectivity index (χ1n) is 5.24. The molecule has 0 aliphatic carbocycles. The zero-order chi connectivity index (χ0) is 11.4. The first-order valence-corrected chi connectivity index (χ1v) is 5.62. The lowest BCUT2D eigenvalue weighted by Gasteiger charge is -2.11. The number of ether oxygens (including phenoxy) is 2. The molecule has 2 rings (SSSR count). The second-order valence-corrected chi connectivity index (χ2v) is 3.95. The van der Waals surface area contributed by atoms with Crippen molar-refractivity contribution in [1.82, 2.24) is 9.97 Å². The lowest BCUT2D eigenvalue weighted by atomic mass is 10.2. The molecular formula is C10H14ClN3O2. The summed E-state index contributed by atoms with van der Waals surface area (Å²) in [6.45, 7) is 1.30. The van der Waals surface area contributed by atoms with E-state index in [1.807, 2.05) is 0 Å². The summed E-state index contributed by atoms with van der Waals surface area (Å²) in [7, 11) is 1.74. The van der Waals surface area contributed by atoms with Crippen LogP contribution in [0, 0.1) is 0 Å². The topological polar surface area (TPSA) is 56.3 Å². The summed E-state index contributed by atoms with van der Waals surface area (Å²) in [6.07, 6.45) is 3.80. The number of nitrogens with one attached hydrogen (secondary N) is 1. The number of hydrogen-bond acceptors (Lipinski definition) is 5. The predicted octanol–water partition coefficient (Wildman–Crippen LogP) is 1.73. The molecule has 88 valence electrons. The number of rotatable bonds is 4. The van der Waals surface area contributed by atoms with Gasteiger partial charge in [-0.3, -0.25) is 0 Å². The zero-order valence-corrected chi connectivity index (χ0v) is 9.83. The molecule has 1 aliphatic rings. The third kappa shape index (κ3) is 2.74. The van der Waals surface area contributed by atoms with Crippen molar-refractivity contribution in [3.8, 4) is 5.88 Å². The zero-order valence-electron chi connectivity index (χ0n) is 9.07. The Kier molecular flexibility index (Phi) is 3.79. The van der Waals surface area contributed by atoms with Gasteiger partial charge in [0.2, 0.25) is 11.8 Å². The van der Waals surface area contributed by atoms with Gasteiger partial charge in [-0.05, 0) is 12.8 Å². The largest absolute Gasteiger partial charge is 0.474 e. The van der Waals surface area contributed by atoms with Crippen molar-refractivity contribution in [2.45, 2.75) is 18.9 Å². The molecule has 0 aromatic carbocycles. The van der Waals surface area contributed by atoms with Gasteiger partial charge in [0, 0.05) is 13.7 Å². The summed E-state index contributed by atoms with van der Waals surface area (Å²) in [5.41, 5.74) is 0. The molecule has 0 amide bonds. The Morgan fingerprint density at radius 1 is 1.69 bits per heavy atom. The van der Waals surface area contributed by atoms with Gasteiger partial charge < -0.3 is 14.8 Å². The number of nitrogens with zero attached hydrogens (tertiary/aromatic N) is 2. The molecule has 5 nitrogen and oxygen atoms in total. The summed E-state index contributed by atoms with van der Waals surface area (Å²) in [6, 6.07) is 0. The van der Waals surface area contributed by atoms with E-state index in [0.717, 1.165) is 19.4 Å². The molecule has 0 saturated carbocycles. The van der Waals surface area contributed by atoms with Gasteiger partial charge >= 0.3 is 0 Å². The molecule has 2 heterocycles. The number of hydrogen-bond donors (Lipinski definition) is 1. The van der Waals surface area contributed by atoms with Gasteiger partial charge in [0.05, 0.1) is 12.3 Å². The maximum Gasteiger partial charge on any atom is 0.237 e. The second kappa shape index (κ2) is 5.32. The van der Waals surface area contributed by atoms with Crippen LogP contribution in [0.3, 0.4) is 0 Å². The van der Waals surface area contributed by atoms with E-state index in [1.165, 1.54) is 6.20 Å². The SMILES string of the molecule is CNc1ncc(Cl)c(OCC2CCCO2)n1. The van der Waals surface area contributed by atoms with Crippen LogP contribution in [-0.4, -0.2) is 36.3 Å². The standard InChI is InChI=1S/C10H14ClN3O2/c1-12-10-13-5-8(11)9(14-10)16-6-7-3-2-4-15-7/h5,7H,2-4,6H2,1H3,(H,12,13,14). The summed E-state index contributed by atoms with van der Waals surface area (Å²) >= 11 is 5.92. The lowest BCUT2D eigenvalue weighted by Crippen LogP contribution is -2.17. The molecule has 1 unspecified atom stereocenters. The van der Waals surface area contributed by atoms with Crippen LogP contribution < -0.4 is 10.1 Å². The fourth-order valence-electron chi connectivity index (χ4n) is 1.52. The second-order valence-electron chi connectivity index (χ2n) is 3.54. The monoisotopic (exact) mass is 243 g/mol. The molecule has 16 heavy (non-hydrogen) atoms. The summed E-state index contributed by atoms with van der Waals surface area (Å²) in [4.78, 5) is 8.09. The molecule has 1 atom stereocenters. The summed E-state index contributed by atoms with van der Waals surface area (Å²) in [5.74, 6) is 0.892. The highest BCUT2D eigenvalue weighted by molar-refractivity contribution is 6.31. The van der Waals surface area contributed by atoms with E-state index in [0.29, 0.717) is 23.5 Å². The van der Waals surface area contributed by atoms with Crippen LogP contribution in [0.1, 0.15) is 12.8 Å². The minimum Gasteiger partial charge on any atom is -0.474 e. The number of anilines is 1. The molecule has 1 saturated heterocycles. The van der Waals surface area contributed by atoms with Gasteiger partial charge in [-0.25, -0.2) is 4.98 Å². The molecule has 1 fully saturated rings. The van der Waals surface area contributed by atoms with Gasteiger partial charge in [-0.2, -0.15) is 4.98 Å². The van der Waals surface area contributed by atoms with Crippen LogP contribution in [0.25, 0.3) is 0 Å². The fraction of sp³-hybridized carbons (Fsp3) is 0.600. The van der Waals surface area contributed by atoms with Crippen LogP contribution in [0.4, 0.5) is 5.95 Å². The number of aromatic nitrogens is 2. The molecule has 0 radical (unpaired) electrons. The van der Waals surface area contributed by atoms with Crippen molar-refractivity contribution >= 4 is 17.5 Å². The summed E-state index contributed by atoms with van der Waals surface area (Å²) in [5, 5.41) is 3.24. The molecule has 1 aliphatic heterocycles. The Balaban J connectivity index is 1.96. The molecule has 1 aromatic heterocycles. The van der Waals surface area contributed by atoms with Crippen LogP contribution in [0.15, 0.2) is 6.20 Å². The van der Waals surface area contributed by atoms with Crippen LogP contribution in [0.2, 0.25) is 5.02 Å². The quantitative estimate of drug-likeness (QED) is 0.873. The Labute approximate surface area is 99.1 Å². The highest BCUT2D eigenvalue weighted by Crippen LogP contribution is 2.23. The highest BCUT2D eigenvalue weighted by atomic mass is 35.5. The predicted molar refractivity (Wildman–Crippen MR) is 61.1 cm³/mol. The van der Waals surface area contributed by atoms with Crippen molar-refractivity contribution < 1.29 is 9.47 Å². The highest BCUT2D eigenvalue weighted by Gasteiger charge is 2.17. The molecule has 6 heteroatoms. The third-order valence-corrected chi connectivity index (χ3v) is 2.62. The average molecular weight is 244 g/mol. The normalized spacial score (nSPS) is 19.8. The first kappa shape index (κ1) is 11.4. The molecule has 0 bridgehead atoms. The van der Waals surface area contributed by atoms with Gasteiger partial charge in [-0.15, -0.1) is 0 Å².